The predicted molar refractivity (Wildman–Crippen MR) is 111 cm³/mol. The summed E-state index contributed by atoms with van der Waals surface area (Å²) in [7, 11) is 0. The SMILES string of the molecule is O=C1c2oc3ccccc3c(=O)c2C(c2ccncc2)N1CCCN1CCOCC1. The molecule has 1 aromatic carbocycles. The summed E-state index contributed by atoms with van der Waals surface area (Å²) in [5, 5.41) is 0.498. The van der Waals surface area contributed by atoms with Gasteiger partial charge in [0.2, 0.25) is 5.76 Å². The number of fused-ring (bicyclic) bond motifs is 2. The molecule has 7 nitrogen and oxygen atoms in total. The topological polar surface area (TPSA) is 75.9 Å². The molecule has 4 heterocycles. The molecule has 154 valence electrons. The first kappa shape index (κ1) is 19.0. The summed E-state index contributed by atoms with van der Waals surface area (Å²) < 4.78 is 11.3. The van der Waals surface area contributed by atoms with E-state index in [1.807, 2.05) is 18.2 Å². The van der Waals surface area contributed by atoms with Crippen molar-refractivity contribution in [3.05, 3.63) is 75.9 Å². The van der Waals surface area contributed by atoms with Gasteiger partial charge in [-0.2, -0.15) is 0 Å². The van der Waals surface area contributed by atoms with Crippen LogP contribution in [0.4, 0.5) is 0 Å². The number of pyridine rings is 1. The zero-order valence-electron chi connectivity index (χ0n) is 16.6. The Kier molecular flexibility index (Phi) is 5.06. The Labute approximate surface area is 173 Å². The van der Waals surface area contributed by atoms with Gasteiger partial charge in [0, 0.05) is 38.6 Å². The molecule has 7 heteroatoms. The number of amides is 1. The number of ether oxygens (including phenoxy) is 1. The van der Waals surface area contributed by atoms with Crippen LogP contribution in [0, 0.1) is 0 Å². The number of para-hydroxylation sites is 1. The van der Waals surface area contributed by atoms with Gasteiger partial charge in [-0.1, -0.05) is 12.1 Å². The Morgan fingerprint density at radius 1 is 1.00 bits per heavy atom. The second kappa shape index (κ2) is 8.01. The molecular weight excluding hydrogens is 382 g/mol. The van der Waals surface area contributed by atoms with Crippen LogP contribution in [-0.4, -0.2) is 60.1 Å². The van der Waals surface area contributed by atoms with Gasteiger partial charge in [0.05, 0.1) is 30.2 Å². The number of nitrogens with zero attached hydrogens (tertiary/aromatic N) is 3. The second-order valence-corrected chi connectivity index (χ2v) is 7.66. The highest BCUT2D eigenvalue weighted by Crippen LogP contribution is 2.37. The van der Waals surface area contributed by atoms with Crippen molar-refractivity contribution in [3.8, 4) is 0 Å². The number of morpholine rings is 1. The van der Waals surface area contributed by atoms with Crippen molar-refractivity contribution in [2.24, 2.45) is 0 Å². The summed E-state index contributed by atoms with van der Waals surface area (Å²) in [5.41, 5.74) is 1.60. The van der Waals surface area contributed by atoms with E-state index in [2.05, 4.69) is 9.88 Å². The fraction of sp³-hybridized carbons (Fsp3) is 0.348. The number of rotatable bonds is 5. The van der Waals surface area contributed by atoms with Crippen molar-refractivity contribution in [3.63, 3.8) is 0 Å². The third-order valence-corrected chi connectivity index (χ3v) is 5.87. The molecule has 2 aliphatic rings. The van der Waals surface area contributed by atoms with Gasteiger partial charge in [-0.3, -0.25) is 19.5 Å². The van der Waals surface area contributed by atoms with E-state index in [9.17, 15) is 9.59 Å². The molecule has 0 aliphatic carbocycles. The molecule has 5 rings (SSSR count). The molecular formula is C23H23N3O4. The maximum atomic E-state index is 13.3. The molecule has 0 spiro atoms. The van der Waals surface area contributed by atoms with E-state index >= 15 is 0 Å². The number of aromatic nitrogens is 1. The monoisotopic (exact) mass is 405 g/mol. The van der Waals surface area contributed by atoms with Crippen molar-refractivity contribution >= 4 is 16.9 Å². The molecule has 2 aromatic heterocycles. The lowest BCUT2D eigenvalue weighted by atomic mass is 9.99. The van der Waals surface area contributed by atoms with Crippen molar-refractivity contribution in [1.82, 2.24) is 14.8 Å². The number of hydrogen-bond acceptors (Lipinski definition) is 6. The molecule has 0 bridgehead atoms. The molecule has 1 atom stereocenters. The quantitative estimate of drug-likeness (QED) is 0.649. The van der Waals surface area contributed by atoms with Crippen LogP contribution in [-0.2, 0) is 4.74 Å². The standard InChI is InChI=1S/C23H23N3O4/c27-21-17-4-1-2-5-18(17)30-22-19(21)20(16-6-8-24-9-7-16)26(23(22)28)11-3-10-25-12-14-29-15-13-25/h1-2,4-9,20H,3,10-15H2. The van der Waals surface area contributed by atoms with Gasteiger partial charge in [-0.25, -0.2) is 0 Å². The van der Waals surface area contributed by atoms with E-state index in [4.69, 9.17) is 9.15 Å². The first-order chi connectivity index (χ1) is 14.7. The fourth-order valence-corrected chi connectivity index (χ4v) is 4.38. The summed E-state index contributed by atoms with van der Waals surface area (Å²) in [5.74, 6) is -0.0662. The van der Waals surface area contributed by atoms with E-state index in [-0.39, 0.29) is 17.1 Å². The molecule has 0 saturated carbocycles. The van der Waals surface area contributed by atoms with Gasteiger partial charge in [-0.05, 0) is 36.2 Å². The molecule has 0 radical (unpaired) electrons. The Hall–Kier alpha value is -3.03. The van der Waals surface area contributed by atoms with Crippen molar-refractivity contribution < 1.29 is 13.9 Å². The summed E-state index contributed by atoms with van der Waals surface area (Å²) in [6, 6.07) is 10.3. The number of carbonyl (C=O) groups is 1. The summed E-state index contributed by atoms with van der Waals surface area (Å²) in [6.07, 6.45) is 4.19. The molecule has 2 aliphatic heterocycles. The minimum atomic E-state index is -0.457. The van der Waals surface area contributed by atoms with E-state index in [0.717, 1.165) is 44.8 Å². The number of carbonyl (C=O) groups excluding carboxylic acids is 1. The molecule has 1 fully saturated rings. The first-order valence-corrected chi connectivity index (χ1v) is 10.3. The van der Waals surface area contributed by atoms with Crippen LogP contribution >= 0.6 is 0 Å². The zero-order valence-corrected chi connectivity index (χ0v) is 16.6. The number of benzene rings is 1. The normalized spacial score (nSPS) is 19.4. The number of hydrogen-bond donors (Lipinski definition) is 0. The van der Waals surface area contributed by atoms with Gasteiger partial charge in [-0.15, -0.1) is 0 Å². The van der Waals surface area contributed by atoms with Crippen LogP contribution in [0.1, 0.15) is 34.1 Å². The van der Waals surface area contributed by atoms with E-state index in [0.29, 0.717) is 23.1 Å². The highest BCUT2D eigenvalue weighted by atomic mass is 16.5. The Balaban J connectivity index is 1.51. The average molecular weight is 405 g/mol. The van der Waals surface area contributed by atoms with E-state index < -0.39 is 6.04 Å². The predicted octanol–water partition coefficient (Wildman–Crippen LogP) is 2.46. The molecule has 1 saturated heterocycles. The third-order valence-electron chi connectivity index (χ3n) is 5.87. The summed E-state index contributed by atoms with van der Waals surface area (Å²) in [4.78, 5) is 34.8. The largest absolute Gasteiger partial charge is 0.450 e. The summed E-state index contributed by atoms with van der Waals surface area (Å²) in [6.45, 7) is 4.75. The van der Waals surface area contributed by atoms with Gasteiger partial charge in [0.25, 0.3) is 5.91 Å². The van der Waals surface area contributed by atoms with Crippen molar-refractivity contribution in [2.75, 3.05) is 39.4 Å². The molecule has 30 heavy (non-hydrogen) atoms. The lowest BCUT2D eigenvalue weighted by Crippen LogP contribution is -2.38. The van der Waals surface area contributed by atoms with Gasteiger partial charge >= 0.3 is 0 Å². The van der Waals surface area contributed by atoms with Gasteiger partial charge in [0.15, 0.2) is 5.43 Å². The average Bonchev–Trinajstić information content (AvgIpc) is 3.07. The fourth-order valence-electron chi connectivity index (χ4n) is 4.38. The van der Waals surface area contributed by atoms with Crippen LogP contribution in [0.2, 0.25) is 0 Å². The van der Waals surface area contributed by atoms with Gasteiger partial charge < -0.3 is 14.1 Å². The molecule has 1 unspecified atom stereocenters. The van der Waals surface area contributed by atoms with Crippen molar-refractivity contribution in [1.29, 1.82) is 0 Å². The van der Waals surface area contributed by atoms with E-state index in [1.165, 1.54) is 0 Å². The highest BCUT2D eigenvalue weighted by molar-refractivity contribution is 5.99. The Bertz CT molecular complexity index is 1120. The lowest BCUT2D eigenvalue weighted by Gasteiger charge is -2.29. The highest BCUT2D eigenvalue weighted by Gasteiger charge is 2.42. The van der Waals surface area contributed by atoms with Crippen molar-refractivity contribution in [2.45, 2.75) is 12.5 Å². The Morgan fingerprint density at radius 2 is 1.77 bits per heavy atom. The minimum absolute atomic E-state index is 0.141. The van der Waals surface area contributed by atoms with Crippen LogP contribution in [0.15, 0.2) is 58.0 Å². The maximum Gasteiger partial charge on any atom is 0.290 e. The third kappa shape index (κ3) is 3.30. The van der Waals surface area contributed by atoms with Crippen LogP contribution in [0.3, 0.4) is 0 Å². The smallest absolute Gasteiger partial charge is 0.290 e. The lowest BCUT2D eigenvalue weighted by molar-refractivity contribution is 0.0353. The van der Waals surface area contributed by atoms with Crippen LogP contribution in [0.25, 0.3) is 11.0 Å². The molecule has 1 amide bonds. The van der Waals surface area contributed by atoms with Crippen LogP contribution < -0.4 is 5.43 Å². The van der Waals surface area contributed by atoms with Gasteiger partial charge in [0.1, 0.15) is 5.58 Å². The summed E-state index contributed by atoms with van der Waals surface area (Å²) >= 11 is 0. The molecule has 3 aromatic rings. The van der Waals surface area contributed by atoms with E-state index in [1.54, 1.807) is 35.5 Å². The Morgan fingerprint density at radius 3 is 2.57 bits per heavy atom. The zero-order chi connectivity index (χ0) is 20.5. The maximum absolute atomic E-state index is 13.3. The molecule has 0 N–H and O–H groups in total. The second-order valence-electron chi connectivity index (χ2n) is 7.66. The first-order valence-electron chi connectivity index (χ1n) is 10.3. The van der Waals surface area contributed by atoms with Crippen LogP contribution in [0.5, 0.6) is 0 Å². The minimum Gasteiger partial charge on any atom is -0.450 e.